The minimum Gasteiger partial charge on any atom is -0.487 e. The molecule has 0 atom stereocenters. The molecule has 0 fully saturated rings. The number of nitro groups is 1. The predicted octanol–water partition coefficient (Wildman–Crippen LogP) is 4.31. The van der Waals surface area contributed by atoms with E-state index in [0.717, 1.165) is 11.8 Å². The van der Waals surface area contributed by atoms with E-state index in [2.05, 4.69) is 0 Å². The maximum atomic E-state index is 12.8. The van der Waals surface area contributed by atoms with Crippen LogP contribution in [0.15, 0.2) is 48.7 Å². The van der Waals surface area contributed by atoms with Crippen LogP contribution in [-0.4, -0.2) is 4.92 Å². The fourth-order valence-electron chi connectivity index (χ4n) is 1.63. The van der Waals surface area contributed by atoms with E-state index in [0.29, 0.717) is 16.3 Å². The summed E-state index contributed by atoms with van der Waals surface area (Å²) in [6.45, 7) is 0.254. The van der Waals surface area contributed by atoms with Gasteiger partial charge in [0, 0.05) is 6.08 Å². The van der Waals surface area contributed by atoms with Gasteiger partial charge in [-0.2, -0.15) is 0 Å². The lowest BCUT2D eigenvalue weighted by Crippen LogP contribution is -1.96. The van der Waals surface area contributed by atoms with Crippen molar-refractivity contribution >= 4 is 17.7 Å². The van der Waals surface area contributed by atoms with Gasteiger partial charge in [-0.05, 0) is 35.4 Å². The maximum Gasteiger partial charge on any atom is 0.235 e. The average molecular weight is 308 g/mol. The minimum absolute atomic E-state index is 0.254. The van der Waals surface area contributed by atoms with Gasteiger partial charge in [-0.3, -0.25) is 10.1 Å². The van der Waals surface area contributed by atoms with Gasteiger partial charge >= 0.3 is 0 Å². The third kappa shape index (κ3) is 4.57. The van der Waals surface area contributed by atoms with E-state index in [4.69, 9.17) is 16.3 Å². The Bertz CT molecular complexity index is 671. The van der Waals surface area contributed by atoms with Gasteiger partial charge in [-0.15, -0.1) is 0 Å². The molecule has 0 spiro atoms. The summed E-state index contributed by atoms with van der Waals surface area (Å²) in [4.78, 5) is 9.69. The zero-order valence-corrected chi connectivity index (χ0v) is 11.6. The molecule has 0 unspecified atom stereocenters. The van der Waals surface area contributed by atoms with E-state index in [-0.39, 0.29) is 12.4 Å². The van der Waals surface area contributed by atoms with Crippen LogP contribution in [0.5, 0.6) is 5.75 Å². The van der Waals surface area contributed by atoms with Gasteiger partial charge < -0.3 is 4.74 Å². The second-order valence-electron chi connectivity index (χ2n) is 4.21. The van der Waals surface area contributed by atoms with E-state index < -0.39 is 4.92 Å². The highest BCUT2D eigenvalue weighted by Gasteiger charge is 2.03. The molecular weight excluding hydrogens is 297 g/mol. The number of ether oxygens (including phenoxy) is 1. The number of hydrogen-bond donors (Lipinski definition) is 0. The first-order chi connectivity index (χ1) is 10.0. The molecule has 21 heavy (non-hydrogen) atoms. The summed E-state index contributed by atoms with van der Waals surface area (Å²) in [5.74, 6) is 0.151. The molecule has 0 aliphatic heterocycles. The fourth-order valence-corrected chi connectivity index (χ4v) is 1.87. The van der Waals surface area contributed by atoms with Crippen LogP contribution in [0.3, 0.4) is 0 Å². The van der Waals surface area contributed by atoms with Crippen LogP contribution in [0.1, 0.15) is 11.1 Å². The third-order valence-corrected chi connectivity index (χ3v) is 2.95. The Kier molecular flexibility index (Phi) is 4.90. The maximum absolute atomic E-state index is 12.8. The van der Waals surface area contributed by atoms with E-state index in [9.17, 15) is 14.5 Å². The largest absolute Gasteiger partial charge is 0.487 e. The molecule has 4 nitrogen and oxygen atoms in total. The second-order valence-corrected chi connectivity index (χ2v) is 4.61. The monoisotopic (exact) mass is 307 g/mol. The Hall–Kier alpha value is -2.40. The van der Waals surface area contributed by atoms with Crippen LogP contribution in [0, 0.1) is 15.9 Å². The second kappa shape index (κ2) is 6.85. The summed E-state index contributed by atoms with van der Waals surface area (Å²) in [7, 11) is 0. The van der Waals surface area contributed by atoms with Crippen molar-refractivity contribution in [2.75, 3.05) is 0 Å². The lowest BCUT2D eigenvalue weighted by molar-refractivity contribution is -0.400. The molecule has 0 N–H and O–H groups in total. The summed E-state index contributed by atoms with van der Waals surface area (Å²) in [6, 6.07) is 10.8. The molecule has 0 bridgehead atoms. The molecular formula is C15H11ClFNO3. The highest BCUT2D eigenvalue weighted by atomic mass is 35.5. The summed E-state index contributed by atoms with van der Waals surface area (Å²) < 4.78 is 18.3. The lowest BCUT2D eigenvalue weighted by Gasteiger charge is -2.08. The topological polar surface area (TPSA) is 52.4 Å². The summed E-state index contributed by atoms with van der Waals surface area (Å²) >= 11 is 6.05. The van der Waals surface area contributed by atoms with E-state index in [1.165, 1.54) is 18.2 Å². The Labute approximate surface area is 125 Å². The van der Waals surface area contributed by atoms with E-state index in [1.807, 2.05) is 0 Å². The van der Waals surface area contributed by atoms with Crippen LogP contribution in [0.25, 0.3) is 6.08 Å². The number of nitrogens with zero attached hydrogens (tertiary/aromatic N) is 1. The molecule has 108 valence electrons. The standard InChI is InChI=1S/C15H11ClFNO3/c16-14-9-11(7-8-18(19)20)3-6-15(14)21-10-12-1-4-13(17)5-2-12/h1-9H,10H2. The van der Waals surface area contributed by atoms with Crippen LogP contribution in [0.2, 0.25) is 5.02 Å². The molecule has 0 saturated heterocycles. The van der Waals surface area contributed by atoms with E-state index in [1.54, 1.807) is 30.3 Å². The van der Waals surface area contributed by atoms with Crippen molar-refractivity contribution in [2.45, 2.75) is 6.61 Å². The van der Waals surface area contributed by atoms with Gasteiger partial charge in [-0.1, -0.05) is 29.8 Å². The molecule has 2 aromatic carbocycles. The first-order valence-electron chi connectivity index (χ1n) is 6.03. The quantitative estimate of drug-likeness (QED) is 0.611. The van der Waals surface area contributed by atoms with Gasteiger partial charge in [0.1, 0.15) is 18.2 Å². The predicted molar refractivity (Wildman–Crippen MR) is 78.2 cm³/mol. The highest BCUT2D eigenvalue weighted by molar-refractivity contribution is 6.32. The van der Waals surface area contributed by atoms with Crippen molar-refractivity contribution in [1.82, 2.24) is 0 Å². The Morgan fingerprint density at radius 2 is 1.95 bits per heavy atom. The lowest BCUT2D eigenvalue weighted by atomic mass is 10.2. The normalized spacial score (nSPS) is 10.8. The summed E-state index contributed by atoms with van der Waals surface area (Å²) in [5, 5.41) is 10.6. The zero-order chi connectivity index (χ0) is 15.2. The van der Waals surface area contributed by atoms with Crippen LogP contribution in [0.4, 0.5) is 4.39 Å². The van der Waals surface area contributed by atoms with Crippen molar-refractivity contribution in [2.24, 2.45) is 0 Å². The van der Waals surface area contributed by atoms with Gasteiger partial charge in [0.15, 0.2) is 0 Å². The van der Waals surface area contributed by atoms with Crippen LogP contribution in [-0.2, 0) is 6.61 Å². The summed E-state index contributed by atoms with van der Waals surface area (Å²) in [6.07, 6.45) is 2.18. The summed E-state index contributed by atoms with van der Waals surface area (Å²) in [5.41, 5.74) is 1.41. The first-order valence-corrected chi connectivity index (χ1v) is 6.41. The minimum atomic E-state index is -0.549. The average Bonchev–Trinajstić information content (AvgIpc) is 2.46. The van der Waals surface area contributed by atoms with Crippen molar-refractivity contribution in [3.63, 3.8) is 0 Å². The van der Waals surface area contributed by atoms with Gasteiger partial charge in [-0.25, -0.2) is 4.39 Å². The zero-order valence-electron chi connectivity index (χ0n) is 10.8. The number of benzene rings is 2. The Balaban J connectivity index is 2.04. The van der Waals surface area contributed by atoms with Gasteiger partial charge in [0.2, 0.25) is 6.20 Å². The van der Waals surface area contributed by atoms with Gasteiger partial charge in [0.25, 0.3) is 0 Å². The molecule has 6 heteroatoms. The molecule has 0 aliphatic rings. The third-order valence-electron chi connectivity index (χ3n) is 2.65. The van der Waals surface area contributed by atoms with Crippen molar-refractivity contribution in [1.29, 1.82) is 0 Å². The number of rotatable bonds is 5. The molecule has 0 aromatic heterocycles. The molecule has 2 rings (SSSR count). The van der Waals surface area contributed by atoms with Crippen molar-refractivity contribution in [3.8, 4) is 5.75 Å². The highest BCUT2D eigenvalue weighted by Crippen LogP contribution is 2.26. The molecule has 0 heterocycles. The SMILES string of the molecule is O=[N+]([O-])C=Cc1ccc(OCc2ccc(F)cc2)c(Cl)c1. The number of halogens is 2. The Morgan fingerprint density at radius 1 is 1.24 bits per heavy atom. The number of hydrogen-bond acceptors (Lipinski definition) is 3. The van der Waals surface area contributed by atoms with Gasteiger partial charge in [0.05, 0.1) is 9.95 Å². The fraction of sp³-hybridized carbons (Fsp3) is 0.0667. The molecule has 0 amide bonds. The first kappa shape index (κ1) is 15.0. The van der Waals surface area contributed by atoms with Crippen molar-refractivity contribution < 1.29 is 14.1 Å². The van der Waals surface area contributed by atoms with Crippen LogP contribution >= 0.6 is 11.6 Å². The Morgan fingerprint density at radius 3 is 2.57 bits per heavy atom. The van der Waals surface area contributed by atoms with Crippen molar-refractivity contribution in [3.05, 3.63) is 80.7 Å². The molecule has 0 aliphatic carbocycles. The van der Waals surface area contributed by atoms with Crippen LogP contribution < -0.4 is 4.74 Å². The smallest absolute Gasteiger partial charge is 0.235 e. The van der Waals surface area contributed by atoms with E-state index >= 15 is 0 Å². The molecule has 0 saturated carbocycles. The molecule has 0 radical (unpaired) electrons. The molecule has 2 aromatic rings.